The molecule has 0 aromatic carbocycles. The lowest BCUT2D eigenvalue weighted by molar-refractivity contribution is -0.139. The fourth-order valence-electron chi connectivity index (χ4n) is 1.30. The molecule has 1 aromatic heterocycles. The molecule has 8 nitrogen and oxygen atoms in total. The smallest absolute Gasteiger partial charge is 0.326 e. The number of rotatable bonds is 6. The molecule has 9 heteroatoms. The topological polar surface area (TPSA) is 117 Å². The van der Waals surface area contributed by atoms with Gasteiger partial charge in [0.1, 0.15) is 6.04 Å². The van der Waals surface area contributed by atoms with E-state index in [9.17, 15) is 9.59 Å². The van der Waals surface area contributed by atoms with Crippen LogP contribution in [0.3, 0.4) is 0 Å². The highest BCUT2D eigenvalue weighted by atomic mass is 32.2. The number of carbonyl (C=O) groups excluding carboxylic acids is 1. The normalized spacial score (nSPS) is 11.8. The van der Waals surface area contributed by atoms with Crippen LogP contribution in [0.4, 0.5) is 10.7 Å². The minimum absolute atomic E-state index is 0.0413. The van der Waals surface area contributed by atoms with Gasteiger partial charge >= 0.3 is 12.0 Å². The Labute approximate surface area is 120 Å². The number of anilines is 1. The molecule has 0 fully saturated rings. The fraction of sp³-hybridized carbons (Fsp3) is 0.545. The molecule has 0 unspecified atom stereocenters. The number of aliphatic carboxylic acids is 1. The van der Waals surface area contributed by atoms with E-state index in [2.05, 4.69) is 25.8 Å². The average Bonchev–Trinajstić information content (AvgIpc) is 2.38. The summed E-state index contributed by atoms with van der Waals surface area (Å²) in [5, 5.41) is 21.3. The molecule has 1 aromatic rings. The molecule has 0 aliphatic carbocycles. The third-order valence-corrected chi connectivity index (χ3v) is 3.18. The van der Waals surface area contributed by atoms with Crippen molar-refractivity contribution in [2.24, 2.45) is 0 Å². The van der Waals surface area contributed by atoms with Crippen molar-refractivity contribution in [3.8, 4) is 0 Å². The van der Waals surface area contributed by atoms with Gasteiger partial charge in [0.15, 0.2) is 0 Å². The van der Waals surface area contributed by atoms with Gasteiger partial charge < -0.3 is 10.4 Å². The van der Waals surface area contributed by atoms with Crippen LogP contribution in [0.15, 0.2) is 0 Å². The standard InChI is InChI=1S/C11H17N5O3S/c1-6-7(2)15-16-10(12-6)14-11(19)13-8(9(17)18)4-5-20-3/h8H,4-5H2,1-3H3,(H,17,18)(H2,12,13,14,16,19)/t8-/m1/s1. The number of amides is 2. The van der Waals surface area contributed by atoms with Crippen LogP contribution in [0.25, 0.3) is 0 Å². The Kier molecular flexibility index (Phi) is 6.16. The minimum Gasteiger partial charge on any atom is -0.480 e. The maximum absolute atomic E-state index is 11.7. The zero-order valence-electron chi connectivity index (χ0n) is 11.5. The molecule has 0 saturated carbocycles. The summed E-state index contributed by atoms with van der Waals surface area (Å²) in [6.45, 7) is 3.49. The van der Waals surface area contributed by atoms with E-state index in [1.165, 1.54) is 11.8 Å². The number of hydrogen-bond donors (Lipinski definition) is 3. The predicted octanol–water partition coefficient (Wildman–Crippen LogP) is 0.816. The molecular formula is C11H17N5O3S. The number of carbonyl (C=O) groups is 2. The number of urea groups is 1. The molecule has 1 heterocycles. The number of aromatic nitrogens is 3. The van der Waals surface area contributed by atoms with Gasteiger partial charge in [-0.2, -0.15) is 16.9 Å². The lowest BCUT2D eigenvalue weighted by atomic mass is 10.2. The lowest BCUT2D eigenvalue weighted by Crippen LogP contribution is -2.43. The van der Waals surface area contributed by atoms with E-state index in [-0.39, 0.29) is 5.95 Å². The summed E-state index contributed by atoms with van der Waals surface area (Å²) in [4.78, 5) is 26.7. The van der Waals surface area contributed by atoms with Crippen molar-refractivity contribution in [3.63, 3.8) is 0 Å². The first-order chi connectivity index (χ1) is 9.43. The maximum atomic E-state index is 11.7. The molecule has 0 radical (unpaired) electrons. The van der Waals surface area contributed by atoms with E-state index < -0.39 is 18.0 Å². The number of nitrogens with one attached hydrogen (secondary N) is 2. The number of thioether (sulfide) groups is 1. The highest BCUT2D eigenvalue weighted by Gasteiger charge is 2.19. The summed E-state index contributed by atoms with van der Waals surface area (Å²) in [5.41, 5.74) is 1.31. The van der Waals surface area contributed by atoms with E-state index in [4.69, 9.17) is 5.11 Å². The second-order valence-corrected chi connectivity index (χ2v) is 5.06. The van der Waals surface area contributed by atoms with Gasteiger partial charge in [0, 0.05) is 0 Å². The molecule has 0 aliphatic heterocycles. The number of carboxylic acid groups (broad SMARTS) is 1. The van der Waals surface area contributed by atoms with E-state index in [1.807, 2.05) is 6.26 Å². The Morgan fingerprint density at radius 2 is 2.00 bits per heavy atom. The predicted molar refractivity (Wildman–Crippen MR) is 75.9 cm³/mol. The molecule has 0 bridgehead atoms. The van der Waals surface area contributed by atoms with Gasteiger partial charge in [0.05, 0.1) is 11.4 Å². The third-order valence-electron chi connectivity index (χ3n) is 2.53. The molecule has 0 saturated heterocycles. The van der Waals surface area contributed by atoms with Gasteiger partial charge in [-0.3, -0.25) is 5.32 Å². The monoisotopic (exact) mass is 299 g/mol. The van der Waals surface area contributed by atoms with Crippen LogP contribution in [0.5, 0.6) is 0 Å². The summed E-state index contributed by atoms with van der Waals surface area (Å²) < 4.78 is 0. The lowest BCUT2D eigenvalue weighted by Gasteiger charge is -2.14. The van der Waals surface area contributed by atoms with Crippen LogP contribution in [0.1, 0.15) is 17.8 Å². The van der Waals surface area contributed by atoms with Crippen LogP contribution < -0.4 is 10.6 Å². The van der Waals surface area contributed by atoms with E-state index in [0.29, 0.717) is 23.6 Å². The van der Waals surface area contributed by atoms with Gasteiger partial charge in [-0.1, -0.05) is 0 Å². The van der Waals surface area contributed by atoms with Crippen molar-refractivity contribution in [3.05, 3.63) is 11.4 Å². The molecular weight excluding hydrogens is 282 g/mol. The van der Waals surface area contributed by atoms with Gasteiger partial charge in [0.25, 0.3) is 5.95 Å². The zero-order chi connectivity index (χ0) is 15.1. The van der Waals surface area contributed by atoms with Crippen molar-refractivity contribution in [2.45, 2.75) is 26.3 Å². The highest BCUT2D eigenvalue weighted by molar-refractivity contribution is 7.98. The summed E-state index contributed by atoms with van der Waals surface area (Å²) >= 11 is 1.51. The van der Waals surface area contributed by atoms with Gasteiger partial charge in [0.2, 0.25) is 0 Å². The third kappa shape index (κ3) is 5.00. The van der Waals surface area contributed by atoms with Crippen molar-refractivity contribution in [2.75, 3.05) is 17.3 Å². The van der Waals surface area contributed by atoms with Gasteiger partial charge in [-0.25, -0.2) is 14.6 Å². The van der Waals surface area contributed by atoms with Crippen molar-refractivity contribution in [1.82, 2.24) is 20.5 Å². The van der Waals surface area contributed by atoms with Gasteiger partial charge in [-0.05, 0) is 32.3 Å². The van der Waals surface area contributed by atoms with Crippen molar-refractivity contribution < 1.29 is 14.7 Å². The summed E-state index contributed by atoms with van der Waals surface area (Å²) in [6, 6.07) is -1.61. The molecule has 110 valence electrons. The Balaban J connectivity index is 2.60. The number of nitrogens with zero attached hydrogens (tertiary/aromatic N) is 3. The zero-order valence-corrected chi connectivity index (χ0v) is 12.3. The first-order valence-corrected chi connectivity index (χ1v) is 7.30. The Morgan fingerprint density at radius 3 is 2.55 bits per heavy atom. The fourth-order valence-corrected chi connectivity index (χ4v) is 1.77. The summed E-state index contributed by atoms with van der Waals surface area (Å²) in [5.74, 6) is -0.396. The van der Waals surface area contributed by atoms with E-state index in [1.54, 1.807) is 13.8 Å². The SMILES string of the molecule is CSCC[C@@H](NC(=O)Nc1nnc(C)c(C)n1)C(=O)O. The maximum Gasteiger partial charge on any atom is 0.326 e. The van der Waals surface area contributed by atoms with E-state index >= 15 is 0 Å². The van der Waals surface area contributed by atoms with Crippen LogP contribution in [0, 0.1) is 13.8 Å². The second-order valence-electron chi connectivity index (χ2n) is 4.08. The number of aryl methyl sites for hydroxylation is 2. The molecule has 1 atom stereocenters. The quantitative estimate of drug-likeness (QED) is 0.711. The highest BCUT2D eigenvalue weighted by Crippen LogP contribution is 2.03. The van der Waals surface area contributed by atoms with Crippen LogP contribution in [-0.4, -0.2) is 50.3 Å². The molecule has 0 aliphatic rings. The first-order valence-electron chi connectivity index (χ1n) is 5.91. The van der Waals surface area contributed by atoms with Crippen LogP contribution in [-0.2, 0) is 4.79 Å². The summed E-state index contributed by atoms with van der Waals surface area (Å²) in [7, 11) is 0. The van der Waals surface area contributed by atoms with Crippen LogP contribution in [0.2, 0.25) is 0 Å². The van der Waals surface area contributed by atoms with Crippen molar-refractivity contribution in [1.29, 1.82) is 0 Å². The Hall–Kier alpha value is -1.90. The second kappa shape index (κ2) is 7.63. The molecule has 0 spiro atoms. The van der Waals surface area contributed by atoms with E-state index in [0.717, 1.165) is 0 Å². The van der Waals surface area contributed by atoms with Crippen molar-refractivity contribution >= 4 is 29.7 Å². The molecule has 1 rings (SSSR count). The minimum atomic E-state index is -1.08. The Morgan fingerprint density at radius 1 is 1.30 bits per heavy atom. The number of carboxylic acids is 1. The molecule has 2 amide bonds. The average molecular weight is 299 g/mol. The summed E-state index contributed by atoms with van der Waals surface area (Å²) in [6.07, 6.45) is 2.21. The first kappa shape index (κ1) is 16.2. The largest absolute Gasteiger partial charge is 0.480 e. The van der Waals surface area contributed by atoms with Crippen LogP contribution >= 0.6 is 11.8 Å². The Bertz CT molecular complexity index is 497. The van der Waals surface area contributed by atoms with Gasteiger partial charge in [-0.15, -0.1) is 5.10 Å². The molecule has 20 heavy (non-hydrogen) atoms. The molecule has 3 N–H and O–H groups in total. The number of hydrogen-bond acceptors (Lipinski definition) is 6.